The maximum absolute atomic E-state index is 12.9. The Kier molecular flexibility index (Phi) is 5.34. The van der Waals surface area contributed by atoms with Gasteiger partial charge in [0.15, 0.2) is 0 Å². The van der Waals surface area contributed by atoms with E-state index in [-0.39, 0.29) is 5.82 Å². The average Bonchev–Trinajstić information content (AvgIpc) is 2.79. The zero-order valence-corrected chi connectivity index (χ0v) is 12.0. The van der Waals surface area contributed by atoms with Gasteiger partial charge in [0.2, 0.25) is 0 Å². The van der Waals surface area contributed by atoms with Gasteiger partial charge in [-0.25, -0.2) is 4.39 Å². The molecule has 0 amide bonds. The minimum atomic E-state index is -0.152. The topological polar surface area (TPSA) is 15.3 Å². The van der Waals surface area contributed by atoms with Gasteiger partial charge in [-0.2, -0.15) is 0 Å². The second-order valence-electron chi connectivity index (χ2n) is 5.95. The van der Waals surface area contributed by atoms with Crippen LogP contribution in [0.1, 0.15) is 32.3 Å². The summed E-state index contributed by atoms with van der Waals surface area (Å²) in [5.74, 6) is 0.548. The summed E-state index contributed by atoms with van der Waals surface area (Å²) in [5.41, 5.74) is 1.21. The Morgan fingerprint density at radius 2 is 2.05 bits per heavy atom. The standard InChI is InChI=1S/C16H25FN2/c1-13(2)10-18-11-16-4-3-9-19(16)12-14-5-7-15(17)8-6-14/h5-8,13,16,18H,3-4,9-12H2,1-2H3. The molecule has 1 fully saturated rings. The summed E-state index contributed by atoms with van der Waals surface area (Å²) >= 11 is 0. The van der Waals surface area contributed by atoms with Gasteiger partial charge < -0.3 is 5.32 Å². The van der Waals surface area contributed by atoms with Gasteiger partial charge in [0.25, 0.3) is 0 Å². The predicted molar refractivity (Wildman–Crippen MR) is 77.5 cm³/mol. The van der Waals surface area contributed by atoms with Crippen LogP contribution in [-0.2, 0) is 6.54 Å². The highest BCUT2D eigenvalue weighted by Crippen LogP contribution is 2.19. The lowest BCUT2D eigenvalue weighted by Crippen LogP contribution is -2.38. The Morgan fingerprint density at radius 1 is 1.32 bits per heavy atom. The zero-order valence-electron chi connectivity index (χ0n) is 12.0. The van der Waals surface area contributed by atoms with E-state index in [0.29, 0.717) is 12.0 Å². The molecule has 2 nitrogen and oxygen atoms in total. The highest BCUT2D eigenvalue weighted by molar-refractivity contribution is 5.16. The van der Waals surface area contributed by atoms with Crippen LogP contribution >= 0.6 is 0 Å². The molecule has 1 unspecified atom stereocenters. The van der Waals surface area contributed by atoms with Gasteiger partial charge in [-0.05, 0) is 49.5 Å². The first-order chi connectivity index (χ1) is 9.15. The van der Waals surface area contributed by atoms with Crippen LogP contribution in [0.5, 0.6) is 0 Å². The largest absolute Gasteiger partial charge is 0.315 e. The smallest absolute Gasteiger partial charge is 0.123 e. The molecular weight excluding hydrogens is 239 g/mol. The Balaban J connectivity index is 1.83. The molecule has 1 N–H and O–H groups in total. The molecule has 0 spiro atoms. The first kappa shape index (κ1) is 14.5. The summed E-state index contributed by atoms with van der Waals surface area (Å²) in [6, 6.07) is 7.52. The molecule has 1 aromatic carbocycles. The highest BCUT2D eigenvalue weighted by atomic mass is 19.1. The second kappa shape index (κ2) is 7.01. The first-order valence-corrected chi connectivity index (χ1v) is 7.34. The fourth-order valence-electron chi connectivity index (χ4n) is 2.70. The lowest BCUT2D eigenvalue weighted by atomic mass is 10.1. The number of nitrogens with one attached hydrogen (secondary N) is 1. The quantitative estimate of drug-likeness (QED) is 0.849. The van der Waals surface area contributed by atoms with E-state index in [9.17, 15) is 4.39 Å². The third kappa shape index (κ3) is 4.59. The van der Waals surface area contributed by atoms with Crippen LogP contribution in [0.15, 0.2) is 24.3 Å². The molecule has 1 aromatic rings. The molecule has 0 radical (unpaired) electrons. The molecule has 1 heterocycles. The maximum atomic E-state index is 12.9. The number of halogens is 1. The Labute approximate surface area is 116 Å². The van der Waals surface area contributed by atoms with Gasteiger partial charge in [-0.15, -0.1) is 0 Å². The predicted octanol–water partition coefficient (Wildman–Crippen LogP) is 3.04. The van der Waals surface area contributed by atoms with E-state index in [2.05, 4.69) is 24.1 Å². The van der Waals surface area contributed by atoms with Crippen molar-refractivity contribution in [2.24, 2.45) is 5.92 Å². The molecule has 0 aromatic heterocycles. The third-order valence-electron chi connectivity index (χ3n) is 3.73. The Bertz CT molecular complexity index is 375. The van der Waals surface area contributed by atoms with Crippen molar-refractivity contribution >= 4 is 0 Å². The van der Waals surface area contributed by atoms with Crippen LogP contribution in [0.4, 0.5) is 4.39 Å². The number of nitrogens with zero attached hydrogens (tertiary/aromatic N) is 1. The van der Waals surface area contributed by atoms with Crippen molar-refractivity contribution in [1.82, 2.24) is 10.2 Å². The average molecular weight is 264 g/mol. The summed E-state index contributed by atoms with van der Waals surface area (Å²) in [5, 5.41) is 3.55. The molecular formula is C16H25FN2. The Hall–Kier alpha value is -0.930. The summed E-state index contributed by atoms with van der Waals surface area (Å²) in [4.78, 5) is 2.51. The maximum Gasteiger partial charge on any atom is 0.123 e. The SMILES string of the molecule is CC(C)CNCC1CCCN1Cc1ccc(F)cc1. The highest BCUT2D eigenvalue weighted by Gasteiger charge is 2.23. The van der Waals surface area contributed by atoms with E-state index in [1.807, 2.05) is 12.1 Å². The summed E-state index contributed by atoms with van der Waals surface area (Å²) in [6.45, 7) is 8.72. The van der Waals surface area contributed by atoms with Gasteiger partial charge in [-0.3, -0.25) is 4.90 Å². The third-order valence-corrected chi connectivity index (χ3v) is 3.73. The lowest BCUT2D eigenvalue weighted by molar-refractivity contribution is 0.237. The fourth-order valence-corrected chi connectivity index (χ4v) is 2.70. The molecule has 2 rings (SSSR count). The van der Waals surface area contributed by atoms with Crippen molar-refractivity contribution in [3.05, 3.63) is 35.6 Å². The van der Waals surface area contributed by atoms with Crippen molar-refractivity contribution < 1.29 is 4.39 Å². The number of rotatable bonds is 6. The number of hydrogen-bond donors (Lipinski definition) is 1. The summed E-state index contributed by atoms with van der Waals surface area (Å²) in [6.07, 6.45) is 2.54. The van der Waals surface area contributed by atoms with Crippen molar-refractivity contribution in [3.63, 3.8) is 0 Å². The van der Waals surface area contributed by atoms with E-state index in [4.69, 9.17) is 0 Å². The molecule has 0 aliphatic carbocycles. The van der Waals surface area contributed by atoms with E-state index < -0.39 is 0 Å². The van der Waals surface area contributed by atoms with Crippen LogP contribution in [0, 0.1) is 11.7 Å². The van der Waals surface area contributed by atoms with Gasteiger partial charge in [0.05, 0.1) is 0 Å². The van der Waals surface area contributed by atoms with Crippen LogP contribution in [0.2, 0.25) is 0 Å². The molecule has 0 bridgehead atoms. The monoisotopic (exact) mass is 264 g/mol. The van der Waals surface area contributed by atoms with Crippen LogP contribution < -0.4 is 5.32 Å². The van der Waals surface area contributed by atoms with E-state index in [1.54, 1.807) is 12.1 Å². The molecule has 1 aliphatic heterocycles. The van der Waals surface area contributed by atoms with Crippen molar-refractivity contribution in [1.29, 1.82) is 0 Å². The molecule has 1 saturated heterocycles. The summed E-state index contributed by atoms with van der Waals surface area (Å²) < 4.78 is 12.9. The van der Waals surface area contributed by atoms with E-state index in [0.717, 1.165) is 26.2 Å². The molecule has 19 heavy (non-hydrogen) atoms. The molecule has 3 heteroatoms. The number of benzene rings is 1. The molecule has 106 valence electrons. The molecule has 1 atom stereocenters. The van der Waals surface area contributed by atoms with E-state index >= 15 is 0 Å². The Morgan fingerprint density at radius 3 is 2.74 bits per heavy atom. The van der Waals surface area contributed by atoms with Gasteiger partial charge in [-0.1, -0.05) is 26.0 Å². The summed E-state index contributed by atoms with van der Waals surface area (Å²) in [7, 11) is 0. The van der Waals surface area contributed by atoms with Crippen molar-refractivity contribution in [3.8, 4) is 0 Å². The normalized spacial score (nSPS) is 20.3. The number of likely N-dealkylation sites (tertiary alicyclic amines) is 1. The van der Waals surface area contributed by atoms with Crippen LogP contribution in [0.25, 0.3) is 0 Å². The second-order valence-corrected chi connectivity index (χ2v) is 5.95. The van der Waals surface area contributed by atoms with Gasteiger partial charge in [0.1, 0.15) is 5.82 Å². The first-order valence-electron chi connectivity index (χ1n) is 7.34. The van der Waals surface area contributed by atoms with Crippen molar-refractivity contribution in [2.75, 3.05) is 19.6 Å². The van der Waals surface area contributed by atoms with Gasteiger partial charge >= 0.3 is 0 Å². The van der Waals surface area contributed by atoms with Crippen molar-refractivity contribution in [2.45, 2.75) is 39.3 Å². The van der Waals surface area contributed by atoms with Crippen LogP contribution in [0.3, 0.4) is 0 Å². The molecule has 0 saturated carbocycles. The van der Waals surface area contributed by atoms with Crippen LogP contribution in [-0.4, -0.2) is 30.6 Å². The lowest BCUT2D eigenvalue weighted by Gasteiger charge is -2.25. The number of hydrogen-bond acceptors (Lipinski definition) is 2. The minimum Gasteiger partial charge on any atom is -0.315 e. The fraction of sp³-hybridized carbons (Fsp3) is 0.625. The molecule has 1 aliphatic rings. The zero-order chi connectivity index (χ0) is 13.7. The minimum absolute atomic E-state index is 0.152. The van der Waals surface area contributed by atoms with Gasteiger partial charge in [0, 0.05) is 19.1 Å². The van der Waals surface area contributed by atoms with E-state index in [1.165, 1.54) is 18.4 Å².